The van der Waals surface area contributed by atoms with Gasteiger partial charge < -0.3 is 0 Å². The molecule has 0 N–H and O–H groups in total. The highest BCUT2D eigenvalue weighted by atomic mass is 19.3. The second-order valence-electron chi connectivity index (χ2n) is 1.66. The zero-order valence-electron chi connectivity index (χ0n) is 4.88. The number of rotatable bonds is 1. The van der Waals surface area contributed by atoms with Crippen molar-refractivity contribution in [2.24, 2.45) is 0 Å². The van der Waals surface area contributed by atoms with Crippen LogP contribution < -0.4 is 0 Å². The first-order valence-corrected chi connectivity index (χ1v) is 2.49. The SMILES string of the molecule is Cc1nccn1C(F)F. The Bertz CT molecular complexity index is 195. The molecule has 0 aromatic carbocycles. The van der Waals surface area contributed by atoms with E-state index in [1.807, 2.05) is 0 Å². The molecule has 1 aromatic heterocycles. The molecule has 0 saturated heterocycles. The van der Waals surface area contributed by atoms with E-state index < -0.39 is 6.55 Å². The third-order valence-electron chi connectivity index (χ3n) is 1.07. The summed E-state index contributed by atoms with van der Waals surface area (Å²) in [6.07, 6.45) is 2.60. The lowest BCUT2D eigenvalue weighted by atomic mass is 10.7. The zero-order chi connectivity index (χ0) is 6.85. The lowest BCUT2D eigenvalue weighted by molar-refractivity contribution is 0.0680. The molecule has 0 aliphatic rings. The molecule has 50 valence electrons. The number of nitrogens with zero attached hydrogens (tertiary/aromatic N) is 2. The fraction of sp³-hybridized carbons (Fsp3) is 0.400. The normalized spacial score (nSPS) is 10.7. The molecule has 1 heterocycles. The standard InChI is InChI=1S/C5H6F2N2/c1-4-8-2-3-9(4)5(6)7/h2-3,5H,1H3. The molecule has 0 radical (unpaired) electrons. The van der Waals surface area contributed by atoms with Gasteiger partial charge in [0.05, 0.1) is 0 Å². The Balaban J connectivity index is 2.94. The van der Waals surface area contributed by atoms with Crippen LogP contribution in [0.4, 0.5) is 8.78 Å². The Kier molecular flexibility index (Phi) is 1.46. The lowest BCUT2D eigenvalue weighted by Crippen LogP contribution is -1.97. The predicted molar refractivity (Wildman–Crippen MR) is 28.2 cm³/mol. The van der Waals surface area contributed by atoms with E-state index in [-0.39, 0.29) is 0 Å². The van der Waals surface area contributed by atoms with Crippen molar-refractivity contribution in [2.45, 2.75) is 13.5 Å². The second-order valence-corrected chi connectivity index (χ2v) is 1.66. The van der Waals surface area contributed by atoms with Crippen molar-refractivity contribution in [3.8, 4) is 0 Å². The van der Waals surface area contributed by atoms with Crippen molar-refractivity contribution < 1.29 is 8.78 Å². The van der Waals surface area contributed by atoms with Crippen LogP contribution in [0.3, 0.4) is 0 Å². The summed E-state index contributed by atoms with van der Waals surface area (Å²) in [7, 11) is 0. The molecule has 0 unspecified atom stereocenters. The van der Waals surface area contributed by atoms with E-state index in [9.17, 15) is 8.78 Å². The van der Waals surface area contributed by atoms with Gasteiger partial charge in [-0.2, -0.15) is 8.78 Å². The molecule has 0 aliphatic carbocycles. The first-order chi connectivity index (χ1) is 4.22. The molecular formula is C5H6F2N2. The van der Waals surface area contributed by atoms with E-state index in [0.29, 0.717) is 5.82 Å². The summed E-state index contributed by atoms with van der Waals surface area (Å²) in [4.78, 5) is 3.62. The van der Waals surface area contributed by atoms with Crippen molar-refractivity contribution in [2.75, 3.05) is 0 Å². The van der Waals surface area contributed by atoms with E-state index in [1.165, 1.54) is 19.3 Å². The maximum atomic E-state index is 11.8. The summed E-state index contributed by atoms with van der Waals surface area (Å²) < 4.78 is 24.4. The topological polar surface area (TPSA) is 17.8 Å². The number of halogens is 2. The Hall–Kier alpha value is -0.930. The van der Waals surface area contributed by atoms with Crippen LogP contribution in [-0.4, -0.2) is 9.55 Å². The molecule has 0 spiro atoms. The smallest absolute Gasteiger partial charge is 0.278 e. The van der Waals surface area contributed by atoms with Gasteiger partial charge in [0.1, 0.15) is 5.82 Å². The summed E-state index contributed by atoms with van der Waals surface area (Å²) >= 11 is 0. The molecule has 0 aliphatic heterocycles. The average Bonchev–Trinajstić information content (AvgIpc) is 2.13. The Morgan fingerprint density at radius 1 is 1.67 bits per heavy atom. The van der Waals surface area contributed by atoms with Gasteiger partial charge in [-0.1, -0.05) is 0 Å². The minimum absolute atomic E-state index is 0.338. The first kappa shape index (κ1) is 6.19. The molecule has 2 nitrogen and oxygen atoms in total. The average molecular weight is 132 g/mol. The lowest BCUT2D eigenvalue weighted by Gasteiger charge is -1.99. The van der Waals surface area contributed by atoms with Crippen molar-refractivity contribution in [1.29, 1.82) is 0 Å². The van der Waals surface area contributed by atoms with Crippen LogP contribution >= 0.6 is 0 Å². The van der Waals surface area contributed by atoms with Crippen LogP contribution in [0.15, 0.2) is 12.4 Å². The summed E-state index contributed by atoms with van der Waals surface area (Å²) in [5, 5.41) is 0. The van der Waals surface area contributed by atoms with Gasteiger partial charge in [0.15, 0.2) is 0 Å². The number of alkyl halides is 2. The molecule has 0 amide bonds. The largest absolute Gasteiger partial charge is 0.319 e. The summed E-state index contributed by atoms with van der Waals surface area (Å²) in [6, 6.07) is 0. The number of aryl methyl sites for hydroxylation is 1. The van der Waals surface area contributed by atoms with Crippen LogP contribution in [0.2, 0.25) is 0 Å². The third-order valence-corrected chi connectivity index (χ3v) is 1.07. The minimum Gasteiger partial charge on any atom is -0.278 e. The minimum atomic E-state index is -2.47. The number of aromatic nitrogens is 2. The quantitative estimate of drug-likeness (QED) is 0.567. The second kappa shape index (κ2) is 2.13. The molecule has 0 fully saturated rings. The van der Waals surface area contributed by atoms with Gasteiger partial charge in [0.25, 0.3) is 0 Å². The Labute approximate surface area is 51.1 Å². The van der Waals surface area contributed by atoms with Crippen LogP contribution in [-0.2, 0) is 0 Å². The highest BCUT2D eigenvalue weighted by Gasteiger charge is 2.05. The van der Waals surface area contributed by atoms with Gasteiger partial charge in [-0.3, -0.25) is 4.57 Å². The van der Waals surface area contributed by atoms with Gasteiger partial charge in [-0.05, 0) is 6.92 Å². The molecule has 4 heteroatoms. The third kappa shape index (κ3) is 1.06. The van der Waals surface area contributed by atoms with Gasteiger partial charge in [0, 0.05) is 12.4 Å². The van der Waals surface area contributed by atoms with Crippen molar-refractivity contribution in [3.63, 3.8) is 0 Å². The molecule has 9 heavy (non-hydrogen) atoms. The van der Waals surface area contributed by atoms with Crippen LogP contribution in [0.25, 0.3) is 0 Å². The fourth-order valence-corrected chi connectivity index (χ4v) is 0.594. The van der Waals surface area contributed by atoms with Crippen LogP contribution in [0, 0.1) is 6.92 Å². The maximum absolute atomic E-state index is 11.8. The van der Waals surface area contributed by atoms with Crippen molar-refractivity contribution in [3.05, 3.63) is 18.2 Å². The monoisotopic (exact) mass is 132 g/mol. The predicted octanol–water partition coefficient (Wildman–Crippen LogP) is 1.59. The van der Waals surface area contributed by atoms with Crippen LogP contribution in [0.5, 0.6) is 0 Å². The maximum Gasteiger partial charge on any atom is 0.319 e. The number of hydrogen-bond donors (Lipinski definition) is 0. The number of imidazole rings is 1. The van der Waals surface area contributed by atoms with Gasteiger partial charge in [-0.15, -0.1) is 0 Å². The molecule has 0 bridgehead atoms. The highest BCUT2D eigenvalue weighted by molar-refractivity contribution is 4.88. The fourth-order valence-electron chi connectivity index (χ4n) is 0.594. The van der Waals surface area contributed by atoms with Gasteiger partial charge in [0.2, 0.25) is 0 Å². The van der Waals surface area contributed by atoms with E-state index in [1.54, 1.807) is 0 Å². The summed E-state index contributed by atoms with van der Waals surface area (Å²) in [5.74, 6) is 0.338. The molecule has 1 aromatic rings. The highest BCUT2D eigenvalue weighted by Crippen LogP contribution is 2.10. The molecule has 0 atom stereocenters. The Morgan fingerprint density at radius 2 is 2.33 bits per heavy atom. The van der Waals surface area contributed by atoms with E-state index in [2.05, 4.69) is 4.98 Å². The van der Waals surface area contributed by atoms with Gasteiger partial charge >= 0.3 is 6.55 Å². The van der Waals surface area contributed by atoms with E-state index in [4.69, 9.17) is 0 Å². The summed E-state index contributed by atoms with van der Waals surface area (Å²) in [5.41, 5.74) is 0. The van der Waals surface area contributed by atoms with Crippen molar-refractivity contribution in [1.82, 2.24) is 9.55 Å². The van der Waals surface area contributed by atoms with Gasteiger partial charge in [-0.25, -0.2) is 4.98 Å². The summed E-state index contributed by atoms with van der Waals surface area (Å²) in [6.45, 7) is -0.931. The van der Waals surface area contributed by atoms with Crippen LogP contribution in [0.1, 0.15) is 12.4 Å². The van der Waals surface area contributed by atoms with E-state index >= 15 is 0 Å². The molecule has 1 rings (SSSR count). The van der Waals surface area contributed by atoms with Crippen molar-refractivity contribution >= 4 is 0 Å². The van der Waals surface area contributed by atoms with E-state index in [0.717, 1.165) is 4.57 Å². The first-order valence-electron chi connectivity index (χ1n) is 2.49. The molecule has 0 saturated carbocycles. The molecular weight excluding hydrogens is 126 g/mol. The number of hydrogen-bond acceptors (Lipinski definition) is 1. The zero-order valence-corrected chi connectivity index (χ0v) is 4.88. The Morgan fingerprint density at radius 3 is 2.56 bits per heavy atom.